The molecule has 0 spiro atoms. The van der Waals surface area contributed by atoms with E-state index in [9.17, 15) is 18.0 Å². The zero-order chi connectivity index (χ0) is 18.3. The lowest BCUT2D eigenvalue weighted by molar-refractivity contribution is -0.137. The number of anilines is 1. The lowest BCUT2D eigenvalue weighted by Gasteiger charge is -2.08. The zero-order valence-corrected chi connectivity index (χ0v) is 13.8. The number of hydrogen-bond donors (Lipinski definition) is 1. The molecule has 132 valence electrons. The van der Waals surface area contributed by atoms with Crippen LogP contribution in [0.5, 0.6) is 0 Å². The quantitative estimate of drug-likeness (QED) is 0.686. The summed E-state index contributed by atoms with van der Waals surface area (Å²) < 4.78 is 42.4. The summed E-state index contributed by atoms with van der Waals surface area (Å²) in [5.74, 6) is 0.254. The number of benzene rings is 2. The number of nitrogens with one attached hydrogen (secondary N) is 1. The first-order valence-electron chi connectivity index (χ1n) is 7.31. The van der Waals surface area contributed by atoms with Gasteiger partial charge in [0.25, 0.3) is 0 Å². The van der Waals surface area contributed by atoms with E-state index in [4.69, 9.17) is 16.3 Å². The summed E-state index contributed by atoms with van der Waals surface area (Å²) in [6.07, 6.45) is -1.90. The molecule has 0 radical (unpaired) electrons. The van der Waals surface area contributed by atoms with Crippen molar-refractivity contribution in [2.75, 3.05) is 11.9 Å². The molecule has 25 heavy (non-hydrogen) atoms. The summed E-state index contributed by atoms with van der Waals surface area (Å²) in [4.78, 5) is 11.7. The summed E-state index contributed by atoms with van der Waals surface area (Å²) in [5.41, 5.74) is 1.19. The van der Waals surface area contributed by atoms with Crippen LogP contribution in [0.4, 0.5) is 23.7 Å². The fourth-order valence-electron chi connectivity index (χ4n) is 2.00. The highest BCUT2D eigenvalue weighted by Crippen LogP contribution is 2.29. The second kappa shape index (κ2) is 8.58. The normalized spacial score (nSPS) is 11.5. The number of carbonyl (C=O) groups is 1. The molecule has 0 unspecified atom stereocenters. The van der Waals surface area contributed by atoms with Gasteiger partial charge in [-0.15, -0.1) is 11.6 Å². The third-order valence-corrected chi connectivity index (χ3v) is 3.54. The van der Waals surface area contributed by atoms with Gasteiger partial charge in [0, 0.05) is 11.6 Å². The van der Waals surface area contributed by atoms with Gasteiger partial charge in [0.1, 0.15) is 6.61 Å². The van der Waals surface area contributed by atoms with E-state index in [0.29, 0.717) is 11.3 Å². The van der Waals surface area contributed by atoms with Crippen LogP contribution in [-0.2, 0) is 16.8 Å². The van der Waals surface area contributed by atoms with Crippen LogP contribution in [0, 0.1) is 0 Å². The summed E-state index contributed by atoms with van der Waals surface area (Å²) in [7, 11) is 0. The first kappa shape index (κ1) is 18.9. The van der Waals surface area contributed by atoms with Crippen molar-refractivity contribution in [2.24, 2.45) is 0 Å². The molecule has 0 saturated heterocycles. The highest BCUT2D eigenvalue weighted by atomic mass is 35.5. The number of para-hydroxylation sites is 1. The Hall–Kier alpha value is -2.47. The minimum Gasteiger partial charge on any atom is -0.445 e. The zero-order valence-electron chi connectivity index (χ0n) is 13.0. The minimum atomic E-state index is -4.36. The second-order valence-corrected chi connectivity index (χ2v) is 5.30. The summed E-state index contributed by atoms with van der Waals surface area (Å²) >= 11 is 5.78. The molecule has 2 aromatic carbocycles. The molecule has 0 fully saturated rings. The number of alkyl halides is 4. The predicted octanol–water partition coefficient (Wildman–Crippen LogP) is 5.71. The summed E-state index contributed by atoms with van der Waals surface area (Å²) in [5, 5.41) is 2.58. The van der Waals surface area contributed by atoms with Crippen molar-refractivity contribution in [3.05, 3.63) is 71.3 Å². The van der Waals surface area contributed by atoms with Crippen molar-refractivity contribution >= 4 is 29.5 Å². The Kier molecular flexibility index (Phi) is 6.47. The molecule has 0 heterocycles. The summed E-state index contributed by atoms with van der Waals surface area (Å²) in [6, 6.07) is 11.7. The van der Waals surface area contributed by atoms with Crippen molar-refractivity contribution in [1.82, 2.24) is 0 Å². The SMILES string of the molecule is O=C(Nc1ccccc1CCl)OC/C=C/c1ccc(C(F)(F)F)cc1. The summed E-state index contributed by atoms with van der Waals surface area (Å²) in [6.45, 7) is -0.0180. The van der Waals surface area contributed by atoms with Crippen LogP contribution in [0.1, 0.15) is 16.7 Å². The van der Waals surface area contributed by atoms with Crippen LogP contribution in [0.15, 0.2) is 54.6 Å². The van der Waals surface area contributed by atoms with Gasteiger partial charge in [0.05, 0.1) is 5.56 Å². The lowest BCUT2D eigenvalue weighted by Crippen LogP contribution is -2.14. The Labute approximate surface area is 148 Å². The highest BCUT2D eigenvalue weighted by molar-refractivity contribution is 6.17. The Morgan fingerprint density at radius 1 is 1.12 bits per heavy atom. The molecule has 2 rings (SSSR count). The molecule has 0 saturated carbocycles. The van der Waals surface area contributed by atoms with E-state index >= 15 is 0 Å². The van der Waals surface area contributed by atoms with E-state index in [2.05, 4.69) is 5.32 Å². The minimum absolute atomic E-state index is 0.0180. The first-order chi connectivity index (χ1) is 11.9. The fourth-order valence-corrected chi connectivity index (χ4v) is 2.23. The molecule has 1 amide bonds. The van der Waals surface area contributed by atoms with Crippen LogP contribution < -0.4 is 5.32 Å². The van der Waals surface area contributed by atoms with E-state index in [1.807, 2.05) is 0 Å². The molecule has 7 heteroatoms. The van der Waals surface area contributed by atoms with Gasteiger partial charge in [-0.05, 0) is 35.4 Å². The van der Waals surface area contributed by atoms with Crippen LogP contribution in [0.2, 0.25) is 0 Å². The van der Waals surface area contributed by atoms with Crippen molar-refractivity contribution in [3.63, 3.8) is 0 Å². The maximum atomic E-state index is 12.5. The Morgan fingerprint density at radius 3 is 2.44 bits per heavy atom. The number of amides is 1. The smallest absolute Gasteiger partial charge is 0.416 e. The van der Waals surface area contributed by atoms with Gasteiger partial charge < -0.3 is 4.74 Å². The molecule has 0 aliphatic heterocycles. The number of ether oxygens (including phenoxy) is 1. The van der Waals surface area contributed by atoms with Gasteiger partial charge in [-0.25, -0.2) is 4.79 Å². The molecular formula is C18H15ClF3NO2. The maximum Gasteiger partial charge on any atom is 0.416 e. The molecule has 0 bridgehead atoms. The Bertz CT molecular complexity index is 743. The average Bonchev–Trinajstić information content (AvgIpc) is 2.59. The number of hydrogen-bond acceptors (Lipinski definition) is 2. The van der Waals surface area contributed by atoms with Crippen LogP contribution in [0.3, 0.4) is 0 Å². The predicted molar refractivity (Wildman–Crippen MR) is 91.4 cm³/mol. The van der Waals surface area contributed by atoms with Crippen molar-refractivity contribution < 1.29 is 22.7 Å². The molecule has 1 N–H and O–H groups in total. The highest BCUT2D eigenvalue weighted by Gasteiger charge is 2.29. The van der Waals surface area contributed by atoms with Crippen LogP contribution in [-0.4, -0.2) is 12.7 Å². The monoisotopic (exact) mass is 369 g/mol. The van der Waals surface area contributed by atoms with Gasteiger partial charge in [0.2, 0.25) is 0 Å². The van der Waals surface area contributed by atoms with Gasteiger partial charge in [0.15, 0.2) is 0 Å². The first-order valence-corrected chi connectivity index (χ1v) is 7.85. The molecule has 2 aromatic rings. The number of halogens is 4. The van der Waals surface area contributed by atoms with E-state index in [0.717, 1.165) is 17.7 Å². The van der Waals surface area contributed by atoms with Crippen LogP contribution >= 0.6 is 11.6 Å². The van der Waals surface area contributed by atoms with Gasteiger partial charge in [-0.1, -0.05) is 36.4 Å². The van der Waals surface area contributed by atoms with E-state index in [-0.39, 0.29) is 12.5 Å². The maximum absolute atomic E-state index is 12.5. The number of rotatable bonds is 5. The lowest BCUT2D eigenvalue weighted by atomic mass is 10.1. The van der Waals surface area contributed by atoms with E-state index in [1.165, 1.54) is 18.2 Å². The molecule has 0 atom stereocenters. The third-order valence-electron chi connectivity index (χ3n) is 3.26. The largest absolute Gasteiger partial charge is 0.445 e. The van der Waals surface area contributed by atoms with Crippen molar-refractivity contribution in [2.45, 2.75) is 12.1 Å². The number of carbonyl (C=O) groups excluding carboxylic acids is 1. The Balaban J connectivity index is 1.83. The fraction of sp³-hybridized carbons (Fsp3) is 0.167. The van der Waals surface area contributed by atoms with E-state index in [1.54, 1.807) is 30.3 Å². The second-order valence-electron chi connectivity index (χ2n) is 5.04. The third kappa shape index (κ3) is 5.83. The van der Waals surface area contributed by atoms with Crippen LogP contribution in [0.25, 0.3) is 6.08 Å². The van der Waals surface area contributed by atoms with Crippen molar-refractivity contribution in [1.29, 1.82) is 0 Å². The molecule has 0 aromatic heterocycles. The standard InChI is InChI=1S/C18H15ClF3NO2/c19-12-14-5-1-2-6-16(14)23-17(24)25-11-3-4-13-7-9-15(10-8-13)18(20,21)22/h1-10H,11-12H2,(H,23,24)/b4-3+. The molecule has 3 nitrogen and oxygen atoms in total. The van der Waals surface area contributed by atoms with Gasteiger partial charge >= 0.3 is 12.3 Å². The molecular weight excluding hydrogens is 355 g/mol. The molecule has 0 aliphatic carbocycles. The van der Waals surface area contributed by atoms with Gasteiger partial charge in [-0.3, -0.25) is 5.32 Å². The average molecular weight is 370 g/mol. The Morgan fingerprint density at radius 2 is 1.80 bits per heavy atom. The van der Waals surface area contributed by atoms with E-state index < -0.39 is 17.8 Å². The topological polar surface area (TPSA) is 38.3 Å². The molecule has 0 aliphatic rings. The van der Waals surface area contributed by atoms with Crippen molar-refractivity contribution in [3.8, 4) is 0 Å². The van der Waals surface area contributed by atoms with Gasteiger partial charge in [-0.2, -0.15) is 13.2 Å².